The molecule has 0 aliphatic carbocycles. The van der Waals surface area contributed by atoms with E-state index in [9.17, 15) is 0 Å². The van der Waals surface area contributed by atoms with Gasteiger partial charge in [-0.1, -0.05) is 6.07 Å². The third-order valence-electron chi connectivity index (χ3n) is 3.42. The Labute approximate surface area is 114 Å². The summed E-state index contributed by atoms with van der Waals surface area (Å²) in [6.45, 7) is 2.12. The molecular formula is C15H23NO3. The van der Waals surface area contributed by atoms with Gasteiger partial charge in [-0.3, -0.25) is 0 Å². The lowest BCUT2D eigenvalue weighted by atomic mass is 10.1. The molecule has 2 N–H and O–H groups in total. The molecule has 106 valence electrons. The van der Waals surface area contributed by atoms with Crippen LogP contribution in [0.2, 0.25) is 0 Å². The minimum atomic E-state index is 0.435. The van der Waals surface area contributed by atoms with Gasteiger partial charge in [0.1, 0.15) is 0 Å². The average Bonchev–Trinajstić information content (AvgIpc) is 2.96. The van der Waals surface area contributed by atoms with Crippen LogP contribution in [0.5, 0.6) is 11.5 Å². The first-order chi connectivity index (χ1) is 9.33. The van der Waals surface area contributed by atoms with Crippen molar-refractivity contribution in [3.05, 3.63) is 23.8 Å². The molecule has 1 fully saturated rings. The SMILES string of the molecule is COc1cc(CN)ccc1OCCCC1CCCO1. The summed E-state index contributed by atoms with van der Waals surface area (Å²) < 4.78 is 16.7. The second-order valence-electron chi connectivity index (χ2n) is 4.82. The second kappa shape index (κ2) is 7.36. The van der Waals surface area contributed by atoms with Crippen molar-refractivity contribution in [2.45, 2.75) is 38.3 Å². The maximum absolute atomic E-state index is 5.77. The molecule has 19 heavy (non-hydrogen) atoms. The van der Waals surface area contributed by atoms with Gasteiger partial charge in [-0.25, -0.2) is 0 Å². The number of nitrogens with two attached hydrogens (primary N) is 1. The predicted molar refractivity (Wildman–Crippen MR) is 74.6 cm³/mol. The van der Waals surface area contributed by atoms with Crippen molar-refractivity contribution >= 4 is 0 Å². The van der Waals surface area contributed by atoms with Gasteiger partial charge in [0.25, 0.3) is 0 Å². The van der Waals surface area contributed by atoms with Crippen molar-refractivity contribution in [3.63, 3.8) is 0 Å². The van der Waals surface area contributed by atoms with Crippen LogP contribution < -0.4 is 15.2 Å². The Morgan fingerprint density at radius 2 is 2.26 bits per heavy atom. The largest absolute Gasteiger partial charge is 0.493 e. The first-order valence-corrected chi connectivity index (χ1v) is 6.95. The number of benzene rings is 1. The molecule has 1 unspecified atom stereocenters. The fourth-order valence-electron chi connectivity index (χ4n) is 2.32. The smallest absolute Gasteiger partial charge is 0.161 e. The van der Waals surface area contributed by atoms with Gasteiger partial charge in [-0.15, -0.1) is 0 Å². The normalized spacial score (nSPS) is 18.5. The maximum Gasteiger partial charge on any atom is 0.161 e. The van der Waals surface area contributed by atoms with E-state index in [0.717, 1.165) is 36.5 Å². The molecule has 1 aliphatic rings. The van der Waals surface area contributed by atoms with E-state index in [4.69, 9.17) is 19.9 Å². The predicted octanol–water partition coefficient (Wildman–Crippen LogP) is 2.49. The van der Waals surface area contributed by atoms with E-state index in [2.05, 4.69) is 0 Å². The molecule has 0 amide bonds. The number of hydrogen-bond donors (Lipinski definition) is 1. The summed E-state index contributed by atoms with van der Waals surface area (Å²) in [6.07, 6.45) is 4.90. The highest BCUT2D eigenvalue weighted by atomic mass is 16.5. The summed E-state index contributed by atoms with van der Waals surface area (Å²) in [4.78, 5) is 0. The highest BCUT2D eigenvalue weighted by Gasteiger charge is 2.14. The third-order valence-corrected chi connectivity index (χ3v) is 3.42. The first-order valence-electron chi connectivity index (χ1n) is 6.95. The van der Waals surface area contributed by atoms with E-state index >= 15 is 0 Å². The van der Waals surface area contributed by atoms with Crippen LogP contribution in [-0.2, 0) is 11.3 Å². The van der Waals surface area contributed by atoms with Crippen molar-refractivity contribution in [1.29, 1.82) is 0 Å². The molecule has 0 bridgehead atoms. The molecule has 1 aromatic carbocycles. The summed E-state index contributed by atoms with van der Waals surface area (Å²) in [7, 11) is 1.65. The zero-order valence-electron chi connectivity index (χ0n) is 11.6. The van der Waals surface area contributed by atoms with Crippen molar-refractivity contribution in [3.8, 4) is 11.5 Å². The third kappa shape index (κ3) is 4.11. The Hall–Kier alpha value is -1.26. The van der Waals surface area contributed by atoms with E-state index in [-0.39, 0.29) is 0 Å². The highest BCUT2D eigenvalue weighted by molar-refractivity contribution is 5.42. The lowest BCUT2D eigenvalue weighted by Crippen LogP contribution is -2.08. The molecule has 0 saturated carbocycles. The van der Waals surface area contributed by atoms with E-state index in [0.29, 0.717) is 19.3 Å². The Morgan fingerprint density at radius 3 is 2.95 bits per heavy atom. The lowest BCUT2D eigenvalue weighted by Gasteiger charge is -2.13. The van der Waals surface area contributed by atoms with Gasteiger partial charge < -0.3 is 19.9 Å². The minimum Gasteiger partial charge on any atom is -0.493 e. The topological polar surface area (TPSA) is 53.7 Å². The zero-order chi connectivity index (χ0) is 13.5. The van der Waals surface area contributed by atoms with Crippen LogP contribution in [0.15, 0.2) is 18.2 Å². The van der Waals surface area contributed by atoms with Crippen LogP contribution >= 0.6 is 0 Å². The van der Waals surface area contributed by atoms with Crippen LogP contribution in [0.4, 0.5) is 0 Å². The fourth-order valence-corrected chi connectivity index (χ4v) is 2.32. The Morgan fingerprint density at radius 1 is 1.37 bits per heavy atom. The van der Waals surface area contributed by atoms with Gasteiger partial charge in [0.15, 0.2) is 11.5 Å². The van der Waals surface area contributed by atoms with Crippen LogP contribution in [0.25, 0.3) is 0 Å². The van der Waals surface area contributed by atoms with Gasteiger partial charge in [0, 0.05) is 13.2 Å². The van der Waals surface area contributed by atoms with Gasteiger partial charge >= 0.3 is 0 Å². The van der Waals surface area contributed by atoms with Crippen LogP contribution in [-0.4, -0.2) is 26.4 Å². The number of hydrogen-bond acceptors (Lipinski definition) is 4. The Bertz CT molecular complexity index is 389. The second-order valence-corrected chi connectivity index (χ2v) is 4.82. The van der Waals surface area contributed by atoms with Gasteiger partial charge in [-0.2, -0.15) is 0 Å². The summed E-state index contributed by atoms with van der Waals surface area (Å²) in [5, 5.41) is 0. The first kappa shape index (κ1) is 14.2. The molecule has 1 heterocycles. The lowest BCUT2D eigenvalue weighted by molar-refractivity contribution is 0.0980. The van der Waals surface area contributed by atoms with E-state index < -0.39 is 0 Å². The van der Waals surface area contributed by atoms with Crippen LogP contribution in [0.3, 0.4) is 0 Å². The summed E-state index contributed by atoms with van der Waals surface area (Å²) in [5.41, 5.74) is 6.65. The summed E-state index contributed by atoms with van der Waals surface area (Å²) >= 11 is 0. The van der Waals surface area contributed by atoms with Crippen molar-refractivity contribution in [2.75, 3.05) is 20.3 Å². The Balaban J connectivity index is 1.78. The van der Waals surface area contributed by atoms with Crippen molar-refractivity contribution in [2.24, 2.45) is 5.73 Å². The fraction of sp³-hybridized carbons (Fsp3) is 0.600. The molecular weight excluding hydrogens is 242 g/mol. The molecule has 0 aromatic heterocycles. The van der Waals surface area contributed by atoms with E-state index in [1.807, 2.05) is 18.2 Å². The van der Waals surface area contributed by atoms with Crippen LogP contribution in [0.1, 0.15) is 31.2 Å². The van der Waals surface area contributed by atoms with Gasteiger partial charge in [-0.05, 0) is 43.4 Å². The van der Waals surface area contributed by atoms with Crippen molar-refractivity contribution in [1.82, 2.24) is 0 Å². The molecule has 1 aromatic rings. The van der Waals surface area contributed by atoms with Crippen molar-refractivity contribution < 1.29 is 14.2 Å². The molecule has 4 heteroatoms. The summed E-state index contributed by atoms with van der Waals surface area (Å²) in [6, 6.07) is 5.82. The summed E-state index contributed by atoms with van der Waals surface area (Å²) in [5.74, 6) is 1.53. The zero-order valence-corrected chi connectivity index (χ0v) is 11.6. The van der Waals surface area contributed by atoms with Gasteiger partial charge in [0.2, 0.25) is 0 Å². The quantitative estimate of drug-likeness (QED) is 0.770. The molecule has 4 nitrogen and oxygen atoms in total. The minimum absolute atomic E-state index is 0.435. The number of rotatable bonds is 7. The molecule has 0 spiro atoms. The highest BCUT2D eigenvalue weighted by Crippen LogP contribution is 2.28. The van der Waals surface area contributed by atoms with Gasteiger partial charge in [0.05, 0.1) is 19.8 Å². The average molecular weight is 265 g/mol. The van der Waals surface area contributed by atoms with E-state index in [1.54, 1.807) is 7.11 Å². The number of methoxy groups -OCH3 is 1. The monoisotopic (exact) mass is 265 g/mol. The standard InChI is InChI=1S/C15H23NO3/c1-17-15-10-12(11-16)6-7-14(15)19-9-3-5-13-4-2-8-18-13/h6-7,10,13H,2-5,8-9,11,16H2,1H3. The van der Waals surface area contributed by atoms with Crippen LogP contribution in [0, 0.1) is 0 Å². The number of ether oxygens (including phenoxy) is 3. The molecule has 0 radical (unpaired) electrons. The molecule has 1 atom stereocenters. The van der Waals surface area contributed by atoms with E-state index in [1.165, 1.54) is 12.8 Å². The maximum atomic E-state index is 5.77. The molecule has 1 saturated heterocycles. The molecule has 2 rings (SSSR count). The Kier molecular flexibility index (Phi) is 5.48. The molecule has 1 aliphatic heterocycles.